The summed E-state index contributed by atoms with van der Waals surface area (Å²) in [7, 11) is -6.58. The van der Waals surface area contributed by atoms with Gasteiger partial charge in [-0.05, 0) is 146 Å². The van der Waals surface area contributed by atoms with Crippen molar-refractivity contribution in [2.24, 2.45) is 0 Å². The molecule has 3 nitrogen and oxygen atoms in total. The van der Waals surface area contributed by atoms with Crippen LogP contribution in [0.5, 0.6) is 0 Å². The van der Waals surface area contributed by atoms with E-state index in [9.17, 15) is 0 Å². The topological polar surface area (TPSA) is 36.1 Å². The van der Waals surface area contributed by atoms with Gasteiger partial charge in [-0.3, -0.25) is 0 Å². The number of benzene rings is 12. The molecule has 0 aliphatic rings. The van der Waals surface area contributed by atoms with E-state index in [1.54, 1.807) is 0 Å². The molecule has 12 aromatic rings. The zero-order chi connectivity index (χ0) is 54.9. The third kappa shape index (κ3) is 20.5. The van der Waals surface area contributed by atoms with Crippen LogP contribution in [0.15, 0.2) is 364 Å². The first-order valence-corrected chi connectivity index (χ1v) is 36.4. The summed E-state index contributed by atoms with van der Waals surface area (Å²) < 4.78 is 0. The van der Waals surface area contributed by atoms with E-state index in [0.717, 1.165) is 0 Å². The molecular formula is C72H69Cu3N3P6S+6. The second-order valence-electron chi connectivity index (χ2n) is 19.0. The Balaban J connectivity index is 0.000000200. The third-order valence-electron chi connectivity index (χ3n) is 13.5. The van der Waals surface area contributed by atoms with E-state index in [4.69, 9.17) is 0 Å². The summed E-state index contributed by atoms with van der Waals surface area (Å²) in [6.07, 6.45) is 0. The maximum atomic E-state index is 4.12. The predicted molar refractivity (Wildman–Crippen MR) is 380 cm³/mol. The van der Waals surface area contributed by atoms with Gasteiger partial charge in [0, 0.05) is 17.1 Å². The Labute approximate surface area is 550 Å². The van der Waals surface area contributed by atoms with Crippen molar-refractivity contribution in [3.05, 3.63) is 364 Å². The zero-order valence-electron chi connectivity index (χ0n) is 46.5. The summed E-state index contributed by atoms with van der Waals surface area (Å²) in [5, 5.41) is 16.7. The molecule has 435 valence electrons. The molecule has 0 fully saturated rings. The molecule has 0 saturated carbocycles. The molecule has 0 saturated heterocycles. The Morgan fingerprint density at radius 3 is 0.282 bits per heavy atom. The van der Waals surface area contributed by atoms with Gasteiger partial charge in [-0.2, -0.15) is 0 Å². The molecule has 0 amide bonds. The zero-order valence-corrected chi connectivity index (χ0v) is 56.1. The van der Waals surface area contributed by atoms with E-state index in [2.05, 4.69) is 379 Å². The van der Waals surface area contributed by atoms with Crippen LogP contribution in [0, 0.1) is 0 Å². The Morgan fingerprint density at radius 1 is 0.141 bits per heavy atom. The van der Waals surface area contributed by atoms with Gasteiger partial charge in [0.2, 0.25) is 0 Å². The van der Waals surface area contributed by atoms with Gasteiger partial charge in [0.1, 0.15) is 63.7 Å². The van der Waals surface area contributed by atoms with Crippen LogP contribution in [0.1, 0.15) is 0 Å². The molecule has 0 aromatic heterocycles. The van der Waals surface area contributed by atoms with Crippen LogP contribution in [0.4, 0.5) is 0 Å². The van der Waals surface area contributed by atoms with Gasteiger partial charge in [0.05, 0.1) is 0 Å². The number of hydrogen-bond acceptors (Lipinski definition) is 3. The van der Waals surface area contributed by atoms with Gasteiger partial charge in [-0.15, -0.1) is 0 Å². The standard InChI is InChI=1S/3C24H21NP2.3Cu.S/c3*1-5-13-21(14-6-1)26(22-15-7-2-8-16-22)25-27(23-17-9-3-10-18-23)24-19-11-4-12-20-24;;;;/h3*1-20,25H;;;;/q;;;;2*+1;-2/p+6. The summed E-state index contributed by atoms with van der Waals surface area (Å²) in [6.45, 7) is 0. The smallest absolute Gasteiger partial charge is 1.00 e. The number of hydrogen-bond donors (Lipinski definition) is 3. The van der Waals surface area contributed by atoms with Gasteiger partial charge in [0.25, 0.3) is 0 Å². The van der Waals surface area contributed by atoms with Gasteiger partial charge in [-0.25, -0.2) is 0 Å². The minimum Gasteiger partial charge on any atom is -2.00 e. The van der Waals surface area contributed by atoms with E-state index in [0.29, 0.717) is 0 Å². The average Bonchev–Trinajstić information content (AvgIpc) is 3.73. The summed E-state index contributed by atoms with van der Waals surface area (Å²) in [6, 6.07) is 131. The van der Waals surface area contributed by atoms with Gasteiger partial charge >= 0.3 is 34.1 Å². The summed E-state index contributed by atoms with van der Waals surface area (Å²) in [5.41, 5.74) is 0. The second-order valence-corrected chi connectivity index (χ2v) is 33.4. The molecule has 0 unspecified atom stereocenters. The van der Waals surface area contributed by atoms with Crippen molar-refractivity contribution >= 4 is 126 Å². The monoisotopic (exact) mass is 1380 g/mol. The Morgan fingerprint density at radius 2 is 0.212 bits per heavy atom. The minimum absolute atomic E-state index is 0. The minimum atomic E-state index is -1.10. The number of rotatable bonds is 18. The van der Waals surface area contributed by atoms with E-state index >= 15 is 0 Å². The van der Waals surface area contributed by atoms with Crippen molar-refractivity contribution in [3.8, 4) is 0 Å². The largest absolute Gasteiger partial charge is 2.00 e. The molecule has 12 rings (SSSR count). The molecule has 0 atom stereocenters. The van der Waals surface area contributed by atoms with Crippen molar-refractivity contribution in [3.63, 3.8) is 0 Å². The molecule has 1 radical (unpaired) electrons. The molecule has 0 aliphatic heterocycles. The molecular weight excluding hydrogens is 1320 g/mol. The SMILES string of the molecule is [Cu+].[Cu+].[Cu].[S-2].c1ccc([PH+](N[PH+](c2ccccc2)c2ccccc2)c2ccccc2)cc1.c1ccc([PH+](N[PH+](c2ccccc2)c2ccccc2)c2ccccc2)cc1.c1ccc([PH+](N[PH+](c2ccccc2)c2ccccc2)c2ccccc2)cc1. The number of nitrogens with one attached hydrogen (secondary N) is 3. The first-order chi connectivity index (χ1) is 40.2. The van der Waals surface area contributed by atoms with Crippen molar-refractivity contribution in [1.29, 1.82) is 0 Å². The average molecular weight is 1380 g/mol. The van der Waals surface area contributed by atoms with Crippen LogP contribution >= 0.6 is 48.4 Å². The molecule has 3 N–H and O–H groups in total. The molecule has 13 heteroatoms. The third-order valence-corrected chi connectivity index (χ3v) is 30.4. The first kappa shape index (κ1) is 69.1. The van der Waals surface area contributed by atoms with E-state index in [-0.39, 0.29) is 64.7 Å². The fourth-order valence-corrected chi connectivity index (χ4v) is 27.7. The van der Waals surface area contributed by atoms with Crippen LogP contribution in [0.25, 0.3) is 0 Å². The quantitative estimate of drug-likeness (QED) is 0.0592. The van der Waals surface area contributed by atoms with Crippen LogP contribution < -0.4 is 78.2 Å². The molecule has 0 aliphatic carbocycles. The molecule has 0 spiro atoms. The predicted octanol–water partition coefficient (Wildman–Crippen LogP) is 12.4. The van der Waals surface area contributed by atoms with E-state index in [1.807, 2.05) is 0 Å². The van der Waals surface area contributed by atoms with E-state index in [1.165, 1.54) is 63.7 Å². The Bertz CT molecular complexity index is 2770. The molecule has 85 heavy (non-hydrogen) atoms. The molecule has 0 bridgehead atoms. The van der Waals surface area contributed by atoms with Crippen molar-refractivity contribution < 1.29 is 51.2 Å². The fraction of sp³-hybridized carbons (Fsp3) is 0. The van der Waals surface area contributed by atoms with E-state index < -0.39 is 48.4 Å². The maximum absolute atomic E-state index is 4.12. The van der Waals surface area contributed by atoms with Crippen LogP contribution in [-0.4, -0.2) is 0 Å². The van der Waals surface area contributed by atoms with Crippen LogP contribution in [0.2, 0.25) is 0 Å². The Kier molecular flexibility index (Phi) is 31.2. The molecule has 12 aromatic carbocycles. The maximum Gasteiger partial charge on any atom is 1.00 e. The van der Waals surface area contributed by atoms with Crippen molar-refractivity contribution in [1.82, 2.24) is 14.6 Å². The molecule has 0 heterocycles. The summed E-state index contributed by atoms with van der Waals surface area (Å²) in [5.74, 6) is 0. The van der Waals surface area contributed by atoms with Crippen LogP contribution in [0.3, 0.4) is 0 Å². The fourth-order valence-electron chi connectivity index (χ4n) is 9.50. The summed E-state index contributed by atoms with van der Waals surface area (Å²) >= 11 is 0. The van der Waals surface area contributed by atoms with Crippen molar-refractivity contribution in [2.75, 3.05) is 0 Å². The van der Waals surface area contributed by atoms with Crippen molar-refractivity contribution in [2.45, 2.75) is 0 Å². The summed E-state index contributed by atoms with van der Waals surface area (Å²) in [4.78, 5) is 12.4. The van der Waals surface area contributed by atoms with Gasteiger partial charge in [0.15, 0.2) is 48.4 Å². The van der Waals surface area contributed by atoms with Crippen LogP contribution in [-0.2, 0) is 64.7 Å². The van der Waals surface area contributed by atoms with Gasteiger partial charge in [-0.1, -0.05) is 233 Å². The Hall–Kier alpha value is -4.99. The first-order valence-electron chi connectivity index (χ1n) is 27.4. The van der Waals surface area contributed by atoms with Gasteiger partial charge < -0.3 is 13.5 Å². The normalized spacial score (nSPS) is 10.5. The second kappa shape index (κ2) is 38.3.